The molecular weight excluding hydrogens is 178 g/mol. The Morgan fingerprint density at radius 1 is 1.36 bits per heavy atom. The topological polar surface area (TPSA) is 38.3 Å². The zero-order valence-corrected chi connectivity index (χ0v) is 9.06. The van der Waals surface area contributed by atoms with Gasteiger partial charge in [0.25, 0.3) is 0 Å². The molecule has 0 spiro atoms. The van der Waals surface area contributed by atoms with E-state index < -0.39 is 0 Å². The van der Waals surface area contributed by atoms with Crippen LogP contribution in [0.4, 0.5) is 0 Å². The molecule has 14 heavy (non-hydrogen) atoms. The summed E-state index contributed by atoms with van der Waals surface area (Å²) in [6.07, 6.45) is 5.27. The van der Waals surface area contributed by atoms with Crippen molar-refractivity contribution >= 4 is 5.97 Å². The fourth-order valence-electron chi connectivity index (χ4n) is 3.32. The van der Waals surface area contributed by atoms with E-state index >= 15 is 0 Å². The fraction of sp³-hybridized carbons (Fsp3) is 0.909. The summed E-state index contributed by atoms with van der Waals surface area (Å²) in [6.45, 7) is 3.13. The van der Waals surface area contributed by atoms with E-state index in [0.29, 0.717) is 0 Å². The molecule has 3 nitrogen and oxygen atoms in total. The molecule has 0 aliphatic heterocycles. The molecule has 2 saturated carbocycles. The Labute approximate surface area is 85.2 Å². The number of carbonyl (C=O) groups is 1. The summed E-state index contributed by atoms with van der Waals surface area (Å²) in [5.74, 6) is 0.00905. The molecule has 0 radical (unpaired) electrons. The molecule has 80 valence electrons. The van der Waals surface area contributed by atoms with Crippen LogP contribution in [0.3, 0.4) is 0 Å². The summed E-state index contributed by atoms with van der Waals surface area (Å²) in [5, 5.41) is 3.55. The van der Waals surface area contributed by atoms with Crippen LogP contribution in [0.15, 0.2) is 0 Å². The minimum atomic E-state index is -0.142. The molecule has 0 atom stereocenters. The van der Waals surface area contributed by atoms with Gasteiger partial charge in [0.2, 0.25) is 0 Å². The second-order valence-corrected chi connectivity index (χ2v) is 4.76. The summed E-state index contributed by atoms with van der Waals surface area (Å²) in [6, 6.07) is 0. The Balaban J connectivity index is 2.12. The Bertz CT molecular complexity index is 242. The lowest BCUT2D eigenvalue weighted by molar-refractivity contribution is -0.152. The van der Waals surface area contributed by atoms with Gasteiger partial charge in [0.1, 0.15) is 0 Å². The highest BCUT2D eigenvalue weighted by molar-refractivity contribution is 5.78. The van der Waals surface area contributed by atoms with Gasteiger partial charge in [-0.05, 0) is 38.6 Å². The van der Waals surface area contributed by atoms with Crippen molar-refractivity contribution in [2.75, 3.05) is 13.7 Å². The number of nitrogens with one attached hydrogen (secondary N) is 1. The van der Waals surface area contributed by atoms with Crippen LogP contribution in [-0.2, 0) is 9.53 Å². The zero-order chi connectivity index (χ0) is 10.2. The lowest BCUT2D eigenvalue weighted by Gasteiger charge is -2.27. The van der Waals surface area contributed by atoms with Crippen molar-refractivity contribution in [3.63, 3.8) is 0 Å². The predicted octanol–water partition coefficient (Wildman–Crippen LogP) is 1.47. The van der Waals surface area contributed by atoms with Crippen molar-refractivity contribution in [3.8, 4) is 0 Å². The van der Waals surface area contributed by atoms with Crippen LogP contribution < -0.4 is 5.32 Å². The average Bonchev–Trinajstić information content (AvgIpc) is 2.74. The highest BCUT2D eigenvalue weighted by Gasteiger charge is 2.58. The van der Waals surface area contributed by atoms with Gasteiger partial charge in [-0.25, -0.2) is 0 Å². The Morgan fingerprint density at radius 3 is 2.50 bits per heavy atom. The number of hydrogen-bond donors (Lipinski definition) is 1. The van der Waals surface area contributed by atoms with Crippen LogP contribution in [0, 0.1) is 5.41 Å². The van der Waals surface area contributed by atoms with Gasteiger partial charge < -0.3 is 10.1 Å². The lowest BCUT2D eigenvalue weighted by atomic mass is 9.84. The second-order valence-electron chi connectivity index (χ2n) is 4.76. The van der Waals surface area contributed by atoms with Crippen LogP contribution in [0.25, 0.3) is 0 Å². The minimum absolute atomic E-state index is 0.00905. The first kappa shape index (κ1) is 9.97. The first-order valence-electron chi connectivity index (χ1n) is 5.50. The van der Waals surface area contributed by atoms with E-state index in [0.717, 1.165) is 38.6 Å². The first-order chi connectivity index (χ1) is 6.66. The number of carbonyl (C=O) groups excluding carboxylic acids is 1. The Morgan fingerprint density at radius 2 is 2.00 bits per heavy atom. The quantitative estimate of drug-likeness (QED) is 0.696. The molecule has 0 saturated heterocycles. The first-order valence-corrected chi connectivity index (χ1v) is 5.50. The number of methoxy groups -OCH3 is 1. The largest absolute Gasteiger partial charge is 0.469 e. The molecule has 3 heteroatoms. The predicted molar refractivity (Wildman–Crippen MR) is 53.9 cm³/mol. The van der Waals surface area contributed by atoms with E-state index in [9.17, 15) is 4.79 Å². The maximum absolute atomic E-state index is 11.7. The van der Waals surface area contributed by atoms with Crippen molar-refractivity contribution < 1.29 is 9.53 Å². The summed E-state index contributed by atoms with van der Waals surface area (Å²) >= 11 is 0. The molecule has 0 heterocycles. The standard InChI is InChI=1S/C11H19NO2/c1-3-12-11-6-4-10(8-11,5-7-11)9(13)14-2/h12H,3-8H2,1-2H3. The van der Waals surface area contributed by atoms with Gasteiger partial charge >= 0.3 is 5.97 Å². The van der Waals surface area contributed by atoms with E-state index in [1.165, 1.54) is 7.11 Å². The van der Waals surface area contributed by atoms with Crippen LogP contribution >= 0.6 is 0 Å². The average molecular weight is 197 g/mol. The van der Waals surface area contributed by atoms with E-state index in [-0.39, 0.29) is 16.9 Å². The molecule has 2 fully saturated rings. The molecule has 0 aromatic rings. The number of hydrogen-bond acceptors (Lipinski definition) is 3. The molecule has 0 aromatic heterocycles. The van der Waals surface area contributed by atoms with Gasteiger partial charge in [0, 0.05) is 5.54 Å². The molecule has 2 aliphatic carbocycles. The normalized spacial score (nSPS) is 40.1. The number of ether oxygens (including phenoxy) is 1. The number of fused-ring (bicyclic) bond motifs is 2. The highest BCUT2D eigenvalue weighted by Crippen LogP contribution is 2.56. The van der Waals surface area contributed by atoms with Gasteiger partial charge in [0.05, 0.1) is 12.5 Å². The van der Waals surface area contributed by atoms with E-state index in [4.69, 9.17) is 4.74 Å². The third-order valence-electron chi connectivity index (χ3n) is 4.01. The van der Waals surface area contributed by atoms with E-state index in [2.05, 4.69) is 12.2 Å². The minimum Gasteiger partial charge on any atom is -0.469 e. The molecule has 0 unspecified atom stereocenters. The van der Waals surface area contributed by atoms with Gasteiger partial charge in [-0.1, -0.05) is 6.92 Å². The van der Waals surface area contributed by atoms with Crippen LogP contribution in [0.1, 0.15) is 39.0 Å². The van der Waals surface area contributed by atoms with Crippen molar-refractivity contribution in [2.24, 2.45) is 5.41 Å². The van der Waals surface area contributed by atoms with Gasteiger partial charge in [-0.15, -0.1) is 0 Å². The third-order valence-corrected chi connectivity index (χ3v) is 4.01. The van der Waals surface area contributed by atoms with Crippen LogP contribution in [0.2, 0.25) is 0 Å². The second kappa shape index (κ2) is 3.23. The summed E-state index contributed by atoms with van der Waals surface area (Å²) in [4.78, 5) is 11.7. The van der Waals surface area contributed by atoms with Crippen molar-refractivity contribution in [1.29, 1.82) is 0 Å². The fourth-order valence-corrected chi connectivity index (χ4v) is 3.32. The zero-order valence-electron chi connectivity index (χ0n) is 9.06. The molecule has 0 amide bonds. The van der Waals surface area contributed by atoms with Gasteiger partial charge in [-0.3, -0.25) is 4.79 Å². The SMILES string of the molecule is CCNC12CCC(C(=O)OC)(CC1)C2. The van der Waals surface area contributed by atoms with Crippen LogP contribution in [-0.4, -0.2) is 25.2 Å². The molecule has 0 aromatic carbocycles. The van der Waals surface area contributed by atoms with E-state index in [1.807, 2.05) is 0 Å². The molecule has 1 N–H and O–H groups in total. The monoisotopic (exact) mass is 197 g/mol. The van der Waals surface area contributed by atoms with Crippen molar-refractivity contribution in [3.05, 3.63) is 0 Å². The van der Waals surface area contributed by atoms with E-state index in [1.54, 1.807) is 0 Å². The highest BCUT2D eigenvalue weighted by atomic mass is 16.5. The summed E-state index contributed by atoms with van der Waals surface area (Å²) in [5.41, 5.74) is 0.111. The summed E-state index contributed by atoms with van der Waals surface area (Å²) in [7, 11) is 1.50. The smallest absolute Gasteiger partial charge is 0.311 e. The number of rotatable bonds is 3. The molecule has 2 rings (SSSR count). The molecule has 2 bridgehead atoms. The van der Waals surface area contributed by atoms with Crippen LogP contribution in [0.5, 0.6) is 0 Å². The van der Waals surface area contributed by atoms with Gasteiger partial charge in [0.15, 0.2) is 0 Å². The lowest BCUT2D eigenvalue weighted by Crippen LogP contribution is -2.40. The van der Waals surface area contributed by atoms with Gasteiger partial charge in [-0.2, -0.15) is 0 Å². The number of esters is 1. The molecular formula is C11H19NO2. The van der Waals surface area contributed by atoms with Crippen molar-refractivity contribution in [1.82, 2.24) is 5.32 Å². The summed E-state index contributed by atoms with van der Waals surface area (Å²) < 4.78 is 4.91. The Hall–Kier alpha value is -0.570. The molecule has 2 aliphatic rings. The maximum atomic E-state index is 11.7. The van der Waals surface area contributed by atoms with Crippen molar-refractivity contribution in [2.45, 2.75) is 44.6 Å². The third kappa shape index (κ3) is 1.26. The Kier molecular flexibility index (Phi) is 2.30. The maximum Gasteiger partial charge on any atom is 0.311 e.